The number of hydrogen-bond donors (Lipinski definition) is 2. The number of amides is 1. The first-order chi connectivity index (χ1) is 15.7. The number of anilines is 2. The van der Waals surface area contributed by atoms with Crippen molar-refractivity contribution in [3.8, 4) is 11.5 Å². The number of methoxy groups -OCH3 is 2. The number of carbonyl (C=O) groups is 1. The maximum absolute atomic E-state index is 13.1. The molecule has 2 aromatic carbocycles. The van der Waals surface area contributed by atoms with E-state index < -0.39 is 5.91 Å². The van der Waals surface area contributed by atoms with Gasteiger partial charge in [0.2, 0.25) is 0 Å². The minimum atomic E-state index is -0.435. The van der Waals surface area contributed by atoms with Crippen LogP contribution in [-0.4, -0.2) is 43.3 Å². The highest BCUT2D eigenvalue weighted by Crippen LogP contribution is 2.35. The van der Waals surface area contributed by atoms with E-state index in [-0.39, 0.29) is 12.6 Å². The fourth-order valence-electron chi connectivity index (χ4n) is 3.25. The molecule has 8 nitrogen and oxygen atoms in total. The molecule has 33 heavy (non-hydrogen) atoms. The van der Waals surface area contributed by atoms with Crippen LogP contribution in [-0.2, 0) is 10.2 Å². The van der Waals surface area contributed by atoms with Crippen molar-refractivity contribution in [2.45, 2.75) is 33.1 Å². The van der Waals surface area contributed by atoms with E-state index in [0.29, 0.717) is 28.6 Å². The van der Waals surface area contributed by atoms with Gasteiger partial charge in [0.25, 0.3) is 5.91 Å². The summed E-state index contributed by atoms with van der Waals surface area (Å²) in [6, 6.07) is 11.4. The van der Waals surface area contributed by atoms with Gasteiger partial charge in [-0.15, -0.1) is 11.8 Å². The number of ether oxygens (including phenoxy) is 2. The SMILES string of the molecule is COc1ccc(OC)c(N=C(C)/C(=N\N)C(=O)Nc2cc(N3CSC3)cc(C(C)(C)C)c2)c1.[HH]. The first kappa shape index (κ1) is 24.4. The minimum Gasteiger partial charge on any atom is -0.497 e. The fourth-order valence-corrected chi connectivity index (χ4v) is 3.92. The summed E-state index contributed by atoms with van der Waals surface area (Å²) in [5.74, 6) is 8.19. The minimum absolute atomic E-state index is 0. The van der Waals surface area contributed by atoms with E-state index in [1.54, 1.807) is 39.3 Å². The molecule has 0 radical (unpaired) electrons. The summed E-state index contributed by atoms with van der Waals surface area (Å²) in [6.07, 6.45) is 0. The van der Waals surface area contributed by atoms with Crippen LogP contribution < -0.4 is 25.5 Å². The molecule has 3 N–H and O–H groups in total. The van der Waals surface area contributed by atoms with Crippen LogP contribution >= 0.6 is 11.8 Å². The van der Waals surface area contributed by atoms with E-state index in [4.69, 9.17) is 15.3 Å². The lowest BCUT2D eigenvalue weighted by molar-refractivity contribution is -0.110. The zero-order valence-electron chi connectivity index (χ0n) is 19.9. The van der Waals surface area contributed by atoms with E-state index in [1.165, 1.54) is 0 Å². The van der Waals surface area contributed by atoms with Gasteiger partial charge in [-0.05, 0) is 48.2 Å². The molecule has 3 rings (SSSR count). The lowest BCUT2D eigenvalue weighted by Gasteiger charge is -2.34. The van der Waals surface area contributed by atoms with Crippen LogP contribution in [0.1, 0.15) is 34.7 Å². The molecular formula is C24H33N5O3S. The van der Waals surface area contributed by atoms with Gasteiger partial charge >= 0.3 is 0 Å². The lowest BCUT2D eigenvalue weighted by atomic mass is 9.86. The average Bonchev–Trinajstić information content (AvgIpc) is 2.72. The van der Waals surface area contributed by atoms with Crippen molar-refractivity contribution in [2.24, 2.45) is 15.9 Å². The Hall–Kier alpha value is -3.20. The molecule has 0 saturated carbocycles. The van der Waals surface area contributed by atoms with E-state index in [2.05, 4.69) is 47.1 Å². The largest absolute Gasteiger partial charge is 0.497 e. The van der Waals surface area contributed by atoms with Crippen molar-refractivity contribution in [1.29, 1.82) is 0 Å². The highest BCUT2D eigenvalue weighted by molar-refractivity contribution is 8.00. The lowest BCUT2D eigenvalue weighted by Crippen LogP contribution is -2.33. The van der Waals surface area contributed by atoms with Crippen molar-refractivity contribution in [3.63, 3.8) is 0 Å². The summed E-state index contributed by atoms with van der Waals surface area (Å²) >= 11 is 1.86. The van der Waals surface area contributed by atoms with Crippen molar-refractivity contribution in [2.75, 3.05) is 36.2 Å². The third-order valence-corrected chi connectivity index (χ3v) is 6.25. The van der Waals surface area contributed by atoms with Gasteiger partial charge in [-0.2, -0.15) is 5.10 Å². The van der Waals surface area contributed by atoms with E-state index in [0.717, 1.165) is 23.0 Å². The molecule has 1 saturated heterocycles. The Labute approximate surface area is 200 Å². The van der Waals surface area contributed by atoms with Crippen molar-refractivity contribution >= 4 is 46.2 Å². The molecule has 1 amide bonds. The summed E-state index contributed by atoms with van der Waals surface area (Å²) in [7, 11) is 3.12. The number of benzene rings is 2. The summed E-state index contributed by atoms with van der Waals surface area (Å²) in [4.78, 5) is 19.9. The summed E-state index contributed by atoms with van der Waals surface area (Å²) in [5, 5.41) is 6.67. The first-order valence-electron chi connectivity index (χ1n) is 10.5. The highest BCUT2D eigenvalue weighted by atomic mass is 32.2. The Morgan fingerprint density at radius 3 is 2.42 bits per heavy atom. The van der Waals surface area contributed by atoms with Crippen LogP contribution in [0.25, 0.3) is 0 Å². The predicted molar refractivity (Wildman–Crippen MR) is 140 cm³/mol. The second-order valence-electron chi connectivity index (χ2n) is 8.69. The monoisotopic (exact) mass is 471 g/mol. The molecule has 1 heterocycles. The highest BCUT2D eigenvalue weighted by Gasteiger charge is 2.22. The van der Waals surface area contributed by atoms with Crippen LogP contribution in [0.3, 0.4) is 0 Å². The normalized spacial score (nSPS) is 14.5. The molecule has 0 aliphatic carbocycles. The average molecular weight is 472 g/mol. The van der Waals surface area contributed by atoms with Gasteiger partial charge in [-0.3, -0.25) is 4.79 Å². The van der Waals surface area contributed by atoms with E-state index in [9.17, 15) is 4.79 Å². The number of nitrogens with zero attached hydrogens (tertiary/aromatic N) is 3. The number of carbonyl (C=O) groups excluding carboxylic acids is 1. The number of nitrogens with one attached hydrogen (secondary N) is 1. The van der Waals surface area contributed by atoms with Gasteiger partial charge in [0.1, 0.15) is 17.2 Å². The van der Waals surface area contributed by atoms with Gasteiger partial charge in [0.05, 0.1) is 31.7 Å². The van der Waals surface area contributed by atoms with Gasteiger partial charge in [0.15, 0.2) is 5.71 Å². The molecule has 1 aliphatic rings. The molecule has 9 heteroatoms. The number of aliphatic imine (C=N–C) groups is 1. The zero-order valence-corrected chi connectivity index (χ0v) is 20.7. The smallest absolute Gasteiger partial charge is 0.277 e. The number of nitrogens with two attached hydrogens (primary N) is 1. The number of hydrogen-bond acceptors (Lipinski definition) is 8. The Balaban J connectivity index is 0.00000408. The molecular weight excluding hydrogens is 438 g/mol. The van der Waals surface area contributed by atoms with Crippen molar-refractivity contribution in [1.82, 2.24) is 0 Å². The van der Waals surface area contributed by atoms with Crippen LogP contribution in [0.15, 0.2) is 46.5 Å². The molecule has 0 spiro atoms. The maximum Gasteiger partial charge on any atom is 0.277 e. The second kappa shape index (κ2) is 10.2. The Bertz CT molecular complexity index is 1090. The van der Waals surface area contributed by atoms with Crippen molar-refractivity contribution < 1.29 is 15.7 Å². The summed E-state index contributed by atoms with van der Waals surface area (Å²) in [6.45, 7) is 8.12. The zero-order chi connectivity index (χ0) is 24.2. The van der Waals surface area contributed by atoms with Gasteiger partial charge in [-0.1, -0.05) is 20.8 Å². The third kappa shape index (κ3) is 5.78. The fraction of sp³-hybridized carbons (Fsp3) is 0.375. The third-order valence-electron chi connectivity index (χ3n) is 5.26. The predicted octanol–water partition coefficient (Wildman–Crippen LogP) is 4.76. The van der Waals surface area contributed by atoms with Crippen LogP contribution in [0.2, 0.25) is 0 Å². The summed E-state index contributed by atoms with van der Waals surface area (Å²) < 4.78 is 10.6. The molecule has 1 fully saturated rings. The number of rotatable bonds is 7. The van der Waals surface area contributed by atoms with Crippen molar-refractivity contribution in [3.05, 3.63) is 42.0 Å². The topological polar surface area (TPSA) is 102 Å². The first-order valence-corrected chi connectivity index (χ1v) is 11.7. The molecule has 2 aromatic rings. The van der Waals surface area contributed by atoms with Crippen LogP contribution in [0, 0.1) is 0 Å². The van der Waals surface area contributed by atoms with E-state index >= 15 is 0 Å². The van der Waals surface area contributed by atoms with Gasteiger partial charge in [0, 0.05) is 18.9 Å². The van der Waals surface area contributed by atoms with Gasteiger partial charge in [-0.25, -0.2) is 4.99 Å². The number of hydrazone groups is 1. The molecule has 0 aromatic heterocycles. The quantitative estimate of drug-likeness (QED) is 0.343. The molecule has 0 bridgehead atoms. The molecule has 178 valence electrons. The second-order valence-corrected chi connectivity index (χ2v) is 9.61. The molecule has 1 aliphatic heterocycles. The maximum atomic E-state index is 13.1. The van der Waals surface area contributed by atoms with Gasteiger partial charge < -0.3 is 25.5 Å². The van der Waals surface area contributed by atoms with Crippen LogP contribution in [0.4, 0.5) is 17.1 Å². The van der Waals surface area contributed by atoms with E-state index in [1.807, 2.05) is 23.9 Å². The van der Waals surface area contributed by atoms with Crippen LogP contribution in [0.5, 0.6) is 11.5 Å². The summed E-state index contributed by atoms with van der Waals surface area (Å²) in [5.41, 5.74) is 3.72. The Morgan fingerprint density at radius 2 is 1.88 bits per heavy atom. The number of thioether (sulfide) groups is 1. The Kier molecular flexibility index (Phi) is 7.53. The Morgan fingerprint density at radius 1 is 1.15 bits per heavy atom. The molecule has 0 atom stereocenters. The standard InChI is InChI=1S/C24H31N5O3S.H2/c1-15(26-20-12-19(31-5)7-8-21(20)32-6)22(28-25)23(30)27-17-9-16(24(2,3)4)10-18(11-17)29-13-33-14-29;/h7-12H,13-14,25H2,1-6H3,(H,27,30);1H/b26-15?,28-22+;. The molecule has 0 unspecified atom stereocenters.